The van der Waals surface area contributed by atoms with Gasteiger partial charge < -0.3 is 0 Å². The zero-order valence-corrected chi connectivity index (χ0v) is 55.4. The van der Waals surface area contributed by atoms with E-state index in [1.807, 2.05) is 0 Å². The quantitative estimate of drug-likeness (QED) is 0.0483. The fourth-order valence-electron chi connectivity index (χ4n) is 11.0. The van der Waals surface area contributed by atoms with Crippen molar-refractivity contribution in [2.75, 3.05) is 0 Å². The molecule has 2 aliphatic heterocycles. The average molecular weight is 1220 g/mol. The normalized spacial score (nSPS) is 20.2. The van der Waals surface area contributed by atoms with Gasteiger partial charge in [0, 0.05) is 0 Å². The fourth-order valence-corrected chi connectivity index (χ4v) is 32.5. The predicted octanol–water partition coefficient (Wildman–Crippen LogP) is 21.7. The number of hydrogen-bond acceptors (Lipinski definition) is 4. The zero-order chi connectivity index (χ0) is 49.1. The average Bonchev–Trinajstić information content (AvgIpc) is 4.14. The fraction of sp³-hybridized carbons (Fsp3) is 0.774. The van der Waals surface area contributed by atoms with Crippen molar-refractivity contribution in [3.63, 3.8) is 0 Å². The second-order valence-electron chi connectivity index (χ2n) is 23.9. The van der Waals surface area contributed by atoms with Crippen molar-refractivity contribution in [2.24, 2.45) is 11.8 Å². The van der Waals surface area contributed by atoms with Crippen LogP contribution in [-0.2, 0) is 9.18 Å². The first kappa shape index (κ1) is 61.5. The van der Waals surface area contributed by atoms with Crippen LogP contribution in [0.25, 0.3) is 9.81 Å². The summed E-state index contributed by atoms with van der Waals surface area (Å²) in [4.78, 5) is 21.2. The van der Waals surface area contributed by atoms with Gasteiger partial charge in [0.25, 0.3) is 0 Å². The Morgan fingerprint density at radius 1 is 0.515 bits per heavy atom. The van der Waals surface area contributed by atoms with Crippen molar-refractivity contribution < 1.29 is 0 Å². The molecule has 0 fully saturated rings. The van der Waals surface area contributed by atoms with Crippen LogP contribution in [0.2, 0.25) is 29.6 Å². The van der Waals surface area contributed by atoms with Crippen molar-refractivity contribution in [3.05, 3.63) is 66.9 Å². The SMILES string of the molecule is CCCCCCCCCCC(CCCCCCCC)CC1=C[CH]([Sn]([CH3])([CH3])[CH3])SC1=c1ccc(=C2C=C[C](c3sccc3CC(CCCCCCCC)CCCCCCCCCC)([Sn]([CH3])([CH3])[CH3])S2)s1. The number of rotatable bonds is 39. The summed E-state index contributed by atoms with van der Waals surface area (Å²) in [6.45, 7) is 9.37. The minimum atomic E-state index is -2.61. The minimum absolute atomic E-state index is 0.173. The second kappa shape index (κ2) is 34.5. The van der Waals surface area contributed by atoms with Gasteiger partial charge in [-0.05, 0) is 0 Å². The molecule has 388 valence electrons. The third-order valence-corrected chi connectivity index (χ3v) is 44.7. The van der Waals surface area contributed by atoms with E-state index in [1.54, 1.807) is 30.4 Å². The molecule has 0 N–H and O–H groups in total. The van der Waals surface area contributed by atoms with Crippen molar-refractivity contribution in [2.45, 2.75) is 282 Å². The van der Waals surface area contributed by atoms with Crippen LogP contribution in [-0.4, -0.2) is 40.0 Å². The van der Waals surface area contributed by atoms with Crippen LogP contribution in [0.5, 0.6) is 0 Å². The van der Waals surface area contributed by atoms with Gasteiger partial charge in [-0.3, -0.25) is 0 Å². The van der Waals surface area contributed by atoms with Crippen molar-refractivity contribution in [1.82, 2.24) is 0 Å². The van der Waals surface area contributed by atoms with Crippen LogP contribution in [0.15, 0.2) is 47.4 Å². The molecule has 0 amide bonds. The second-order valence-corrected chi connectivity index (χ2v) is 61.0. The number of hydrogen-bond donors (Lipinski definition) is 0. The Morgan fingerprint density at radius 2 is 0.941 bits per heavy atom. The number of unbranched alkanes of at least 4 members (excludes halogenated alkanes) is 24. The molecule has 2 aromatic rings. The van der Waals surface area contributed by atoms with Gasteiger partial charge in [0.2, 0.25) is 0 Å². The Kier molecular flexibility index (Phi) is 31.2. The van der Waals surface area contributed by atoms with E-state index >= 15 is 0 Å². The molecule has 4 rings (SSSR count). The first-order valence-electron chi connectivity index (χ1n) is 29.5. The molecule has 0 saturated heterocycles. The molecule has 0 radical (unpaired) electrons. The molecule has 0 spiro atoms. The maximum atomic E-state index is 2.83. The summed E-state index contributed by atoms with van der Waals surface area (Å²) in [7, 11) is 0. The Bertz CT molecular complexity index is 1820. The van der Waals surface area contributed by atoms with Gasteiger partial charge in [-0.25, -0.2) is 0 Å². The third kappa shape index (κ3) is 21.6. The van der Waals surface area contributed by atoms with Gasteiger partial charge >= 0.3 is 400 Å². The topological polar surface area (TPSA) is 0 Å². The molecule has 4 atom stereocenters. The molecule has 4 heterocycles. The van der Waals surface area contributed by atoms with E-state index in [1.165, 1.54) is 223 Å². The van der Waals surface area contributed by atoms with Crippen molar-refractivity contribution in [3.8, 4) is 0 Å². The van der Waals surface area contributed by atoms with E-state index in [0.717, 1.165) is 15.1 Å². The van der Waals surface area contributed by atoms with Gasteiger partial charge in [0.05, 0.1) is 0 Å². The molecular weight excluding hydrogens is 1110 g/mol. The van der Waals surface area contributed by atoms with Crippen LogP contribution in [0.1, 0.15) is 250 Å². The molecule has 0 bridgehead atoms. The summed E-state index contributed by atoms with van der Waals surface area (Å²) in [5.74, 6) is 1.67. The third-order valence-electron chi connectivity index (χ3n) is 15.6. The summed E-state index contributed by atoms with van der Waals surface area (Å²) in [5, 5.41) is 2.48. The predicted molar refractivity (Wildman–Crippen MR) is 325 cm³/mol. The monoisotopic (exact) mass is 1220 g/mol. The van der Waals surface area contributed by atoms with Crippen molar-refractivity contribution in [1.29, 1.82) is 0 Å². The summed E-state index contributed by atoms with van der Waals surface area (Å²) < 4.78 is 4.01. The van der Waals surface area contributed by atoms with Crippen LogP contribution < -0.4 is 9.06 Å². The molecule has 0 saturated carbocycles. The van der Waals surface area contributed by atoms with E-state index in [2.05, 4.69) is 145 Å². The van der Waals surface area contributed by atoms with E-state index in [-0.39, 0.29) is 2.76 Å². The molecular formula is C62H108S4Sn2. The Labute approximate surface area is 448 Å². The van der Waals surface area contributed by atoms with Crippen LogP contribution in [0.3, 0.4) is 0 Å². The number of thioether (sulfide) groups is 2. The molecule has 68 heavy (non-hydrogen) atoms. The zero-order valence-electron chi connectivity index (χ0n) is 46.4. The molecule has 0 aliphatic carbocycles. The van der Waals surface area contributed by atoms with Gasteiger partial charge in [-0.2, -0.15) is 0 Å². The summed E-state index contributed by atoms with van der Waals surface area (Å²) in [6.07, 6.45) is 56.3. The van der Waals surface area contributed by atoms with Gasteiger partial charge in [0.15, 0.2) is 0 Å². The Balaban J connectivity index is 1.56. The molecule has 0 nitrogen and oxygen atoms in total. The summed E-state index contributed by atoms with van der Waals surface area (Å²) in [6, 6.07) is 7.65. The molecule has 2 aromatic heterocycles. The summed E-state index contributed by atoms with van der Waals surface area (Å²) in [5.41, 5.74) is 3.44. The van der Waals surface area contributed by atoms with E-state index in [9.17, 15) is 0 Å². The van der Waals surface area contributed by atoms with Gasteiger partial charge in [-0.15, -0.1) is 0 Å². The molecule has 6 heteroatoms. The van der Waals surface area contributed by atoms with Gasteiger partial charge in [-0.1, -0.05) is 53.4 Å². The first-order chi connectivity index (χ1) is 32.9. The molecule has 4 unspecified atom stereocenters. The van der Waals surface area contributed by atoms with Crippen LogP contribution >= 0.6 is 46.2 Å². The Hall–Kier alpha value is 0.917. The van der Waals surface area contributed by atoms with Crippen LogP contribution in [0.4, 0.5) is 0 Å². The standard InChI is InChI=1S/C56H90S4.6CH3.2Sn/c1-5-9-13-17-21-23-27-31-35-47(33-29-25-19-15-11-7-3)45-49-41-43-57-55(49)53-39-37-51(59-53)52-38-40-54(60-52)56-50(42-44-58-56)46-48(34-30-26-20-16-12-8-4)36-32-28-24-22-18-14-10-6-2;;;;;;;;/h37-44,47-48H,5-36,45-46H2,1-4H3;6*1H3;;. The van der Waals surface area contributed by atoms with Crippen molar-refractivity contribution >= 4 is 92.8 Å². The van der Waals surface area contributed by atoms with E-state index in [4.69, 9.17) is 0 Å². The first-order valence-corrected chi connectivity index (χ1v) is 53.1. The Morgan fingerprint density at radius 3 is 1.38 bits per heavy atom. The molecule has 0 aromatic carbocycles. The summed E-state index contributed by atoms with van der Waals surface area (Å²) >= 11 is 4.01. The van der Waals surface area contributed by atoms with Gasteiger partial charge in [0.1, 0.15) is 0 Å². The molecule has 2 aliphatic rings. The van der Waals surface area contributed by atoms with E-state index < -0.39 is 36.8 Å². The van der Waals surface area contributed by atoms with E-state index in [0.29, 0.717) is 0 Å². The van der Waals surface area contributed by atoms with Crippen LogP contribution in [0, 0.1) is 11.8 Å². The maximum absolute atomic E-state index is 2.83. The number of thiophene rings is 2.